The highest BCUT2D eigenvalue weighted by molar-refractivity contribution is 6.37. The summed E-state index contributed by atoms with van der Waals surface area (Å²) in [5.74, 6) is 0.149. The number of hydrogen-bond acceptors (Lipinski definition) is 4. The van der Waals surface area contributed by atoms with Crippen molar-refractivity contribution in [3.63, 3.8) is 0 Å². The Morgan fingerprint density at radius 1 is 1.38 bits per heavy atom. The molecule has 0 aromatic heterocycles. The minimum atomic E-state index is -0.604. The van der Waals surface area contributed by atoms with Crippen molar-refractivity contribution in [1.82, 2.24) is 0 Å². The molecule has 1 rings (SSSR count). The van der Waals surface area contributed by atoms with E-state index in [4.69, 9.17) is 27.9 Å². The highest BCUT2D eigenvalue weighted by atomic mass is 35.5. The Balaban J connectivity index is 2.93. The molecule has 0 spiro atoms. The molecule has 16 heavy (non-hydrogen) atoms. The zero-order valence-corrected chi connectivity index (χ0v) is 9.49. The van der Waals surface area contributed by atoms with Crippen molar-refractivity contribution < 1.29 is 14.5 Å². The lowest BCUT2D eigenvalue weighted by Crippen LogP contribution is -1.99. The van der Waals surface area contributed by atoms with Gasteiger partial charge in [0, 0.05) is 18.6 Å². The molecule has 0 heterocycles. The lowest BCUT2D eigenvalue weighted by atomic mass is 10.3. The van der Waals surface area contributed by atoms with Gasteiger partial charge in [0.25, 0.3) is 5.69 Å². The zero-order chi connectivity index (χ0) is 12.1. The summed E-state index contributed by atoms with van der Waals surface area (Å²) in [6.45, 7) is 0.126. The van der Waals surface area contributed by atoms with Crippen molar-refractivity contribution in [2.24, 2.45) is 0 Å². The molecule has 0 amide bonds. The van der Waals surface area contributed by atoms with E-state index < -0.39 is 4.92 Å². The monoisotopic (exact) mass is 263 g/mol. The van der Waals surface area contributed by atoms with Crippen LogP contribution in [0.25, 0.3) is 0 Å². The molecular weight excluding hydrogens is 257 g/mol. The Kier molecular flexibility index (Phi) is 4.52. The SMILES string of the molecule is O=CCCOc1c(Cl)cc([N+](=O)[O-])cc1Cl. The first kappa shape index (κ1) is 12.7. The highest BCUT2D eigenvalue weighted by Crippen LogP contribution is 2.36. The van der Waals surface area contributed by atoms with Gasteiger partial charge in [-0.05, 0) is 0 Å². The van der Waals surface area contributed by atoms with Crippen LogP contribution >= 0.6 is 23.2 Å². The number of carbonyl (C=O) groups excluding carboxylic acids is 1. The molecule has 0 aliphatic rings. The second-order valence-electron chi connectivity index (χ2n) is 2.80. The largest absolute Gasteiger partial charge is 0.490 e. The van der Waals surface area contributed by atoms with Gasteiger partial charge in [-0.2, -0.15) is 0 Å². The van der Waals surface area contributed by atoms with Crippen LogP contribution in [0, 0.1) is 10.1 Å². The number of halogens is 2. The lowest BCUT2D eigenvalue weighted by molar-refractivity contribution is -0.384. The summed E-state index contributed by atoms with van der Waals surface area (Å²) >= 11 is 11.5. The fraction of sp³-hybridized carbons (Fsp3) is 0.222. The second-order valence-corrected chi connectivity index (χ2v) is 3.61. The molecule has 0 aliphatic carbocycles. The van der Waals surface area contributed by atoms with Crippen LogP contribution in [0.2, 0.25) is 10.0 Å². The van der Waals surface area contributed by atoms with Crippen molar-refractivity contribution in [2.75, 3.05) is 6.61 Å². The van der Waals surface area contributed by atoms with Crippen molar-refractivity contribution >= 4 is 35.2 Å². The summed E-state index contributed by atoms with van der Waals surface area (Å²) in [4.78, 5) is 19.9. The number of nitrogens with zero attached hydrogens (tertiary/aromatic N) is 1. The normalized spacial score (nSPS) is 9.88. The van der Waals surface area contributed by atoms with E-state index in [0.29, 0.717) is 6.29 Å². The molecule has 0 saturated heterocycles. The molecule has 0 aliphatic heterocycles. The minimum Gasteiger partial charge on any atom is -0.490 e. The van der Waals surface area contributed by atoms with E-state index in [1.807, 2.05) is 0 Å². The topological polar surface area (TPSA) is 69.4 Å². The Morgan fingerprint density at radius 3 is 2.38 bits per heavy atom. The first-order valence-corrected chi connectivity index (χ1v) is 5.01. The minimum absolute atomic E-state index is 0.0464. The van der Waals surface area contributed by atoms with Crippen molar-refractivity contribution in [3.05, 3.63) is 32.3 Å². The van der Waals surface area contributed by atoms with Crippen LogP contribution < -0.4 is 4.74 Å². The average molecular weight is 264 g/mol. The van der Waals surface area contributed by atoms with E-state index in [2.05, 4.69) is 0 Å². The summed E-state index contributed by atoms with van der Waals surface area (Å²) in [5.41, 5.74) is -0.210. The maximum absolute atomic E-state index is 10.5. The van der Waals surface area contributed by atoms with Gasteiger partial charge in [0.2, 0.25) is 0 Å². The molecule has 0 unspecified atom stereocenters. The number of carbonyl (C=O) groups is 1. The van der Waals surface area contributed by atoms with Crippen LogP contribution in [0.3, 0.4) is 0 Å². The number of non-ortho nitro benzene ring substituents is 1. The Bertz CT molecular complexity index is 399. The van der Waals surface area contributed by atoms with Gasteiger partial charge in [-0.25, -0.2) is 0 Å². The van der Waals surface area contributed by atoms with Crippen LogP contribution in [0.15, 0.2) is 12.1 Å². The van der Waals surface area contributed by atoms with Gasteiger partial charge in [-0.1, -0.05) is 23.2 Å². The third-order valence-electron chi connectivity index (χ3n) is 1.68. The van der Waals surface area contributed by atoms with Crippen LogP contribution in [0.1, 0.15) is 6.42 Å². The standard InChI is InChI=1S/C9H7Cl2NO4/c10-7-4-6(12(14)15)5-8(11)9(7)16-3-1-2-13/h2,4-5H,1,3H2. The first-order chi connectivity index (χ1) is 7.56. The van der Waals surface area contributed by atoms with E-state index in [1.54, 1.807) is 0 Å². The molecular formula is C9H7Cl2NO4. The van der Waals surface area contributed by atoms with Crippen LogP contribution in [-0.4, -0.2) is 17.8 Å². The smallest absolute Gasteiger partial charge is 0.272 e. The summed E-state index contributed by atoms with van der Waals surface area (Å²) < 4.78 is 5.12. The van der Waals surface area contributed by atoms with Gasteiger partial charge in [-0.3, -0.25) is 10.1 Å². The van der Waals surface area contributed by atoms with Gasteiger partial charge >= 0.3 is 0 Å². The van der Waals surface area contributed by atoms with Crippen molar-refractivity contribution in [2.45, 2.75) is 6.42 Å². The molecule has 86 valence electrons. The summed E-state index contributed by atoms with van der Waals surface area (Å²) in [6, 6.07) is 2.29. The second kappa shape index (κ2) is 5.67. The third kappa shape index (κ3) is 3.08. The molecule has 7 heteroatoms. The maximum atomic E-state index is 10.5. The number of nitro benzene ring substituents is 1. The summed E-state index contributed by atoms with van der Waals surface area (Å²) in [7, 11) is 0. The van der Waals surface area contributed by atoms with E-state index >= 15 is 0 Å². The molecule has 0 fully saturated rings. The van der Waals surface area contributed by atoms with Crippen molar-refractivity contribution in [1.29, 1.82) is 0 Å². The first-order valence-electron chi connectivity index (χ1n) is 4.26. The predicted octanol–water partition coefficient (Wildman–Crippen LogP) is 2.87. The number of aldehydes is 1. The Hall–Kier alpha value is -1.33. The molecule has 0 atom stereocenters. The fourth-order valence-corrected chi connectivity index (χ4v) is 1.58. The number of rotatable bonds is 5. The molecule has 5 nitrogen and oxygen atoms in total. The van der Waals surface area contributed by atoms with Gasteiger partial charge in [-0.15, -0.1) is 0 Å². The summed E-state index contributed by atoms with van der Waals surface area (Å²) in [6.07, 6.45) is 0.886. The molecule has 0 saturated carbocycles. The van der Waals surface area contributed by atoms with E-state index in [1.165, 1.54) is 0 Å². The third-order valence-corrected chi connectivity index (χ3v) is 2.24. The quantitative estimate of drug-likeness (QED) is 0.355. The average Bonchev–Trinajstić information content (AvgIpc) is 2.21. The van der Waals surface area contributed by atoms with Crippen LogP contribution in [-0.2, 0) is 4.79 Å². The van der Waals surface area contributed by atoms with Gasteiger partial charge in [0.05, 0.1) is 21.6 Å². The van der Waals surface area contributed by atoms with Crippen molar-refractivity contribution in [3.8, 4) is 5.75 Å². The van der Waals surface area contributed by atoms with Crippen LogP contribution in [0.5, 0.6) is 5.75 Å². The fourth-order valence-electron chi connectivity index (χ4n) is 0.999. The molecule has 0 bridgehead atoms. The summed E-state index contributed by atoms with van der Waals surface area (Å²) in [5, 5.41) is 10.6. The predicted molar refractivity (Wildman–Crippen MR) is 59.3 cm³/mol. The maximum Gasteiger partial charge on any atom is 0.272 e. The van der Waals surface area contributed by atoms with Gasteiger partial charge in [0.1, 0.15) is 6.29 Å². The molecule has 0 N–H and O–H groups in total. The van der Waals surface area contributed by atoms with Gasteiger partial charge < -0.3 is 9.53 Å². The van der Waals surface area contributed by atoms with E-state index in [-0.39, 0.29) is 34.5 Å². The number of hydrogen-bond donors (Lipinski definition) is 0. The lowest BCUT2D eigenvalue weighted by Gasteiger charge is -2.07. The molecule has 0 radical (unpaired) electrons. The molecule has 1 aromatic carbocycles. The Morgan fingerprint density at radius 2 is 1.94 bits per heavy atom. The van der Waals surface area contributed by atoms with Gasteiger partial charge in [0.15, 0.2) is 5.75 Å². The molecule has 1 aromatic rings. The van der Waals surface area contributed by atoms with Crippen LogP contribution in [0.4, 0.5) is 5.69 Å². The van der Waals surface area contributed by atoms with E-state index in [0.717, 1.165) is 12.1 Å². The number of ether oxygens (including phenoxy) is 1. The highest BCUT2D eigenvalue weighted by Gasteiger charge is 2.15. The number of nitro groups is 1. The Labute approximate surface area is 101 Å². The number of benzene rings is 1. The van der Waals surface area contributed by atoms with E-state index in [9.17, 15) is 14.9 Å². The zero-order valence-electron chi connectivity index (χ0n) is 7.98.